The number of rotatable bonds is 4. The fourth-order valence-electron chi connectivity index (χ4n) is 2.15. The quantitative estimate of drug-likeness (QED) is 0.706. The van der Waals surface area contributed by atoms with Gasteiger partial charge >= 0.3 is 0 Å². The summed E-state index contributed by atoms with van der Waals surface area (Å²) in [6.07, 6.45) is 5.28. The molecule has 0 unspecified atom stereocenters. The van der Waals surface area contributed by atoms with Crippen molar-refractivity contribution < 1.29 is 9.13 Å². The van der Waals surface area contributed by atoms with Crippen molar-refractivity contribution >= 4 is 0 Å². The second-order valence-corrected chi connectivity index (χ2v) is 4.13. The van der Waals surface area contributed by atoms with E-state index in [4.69, 9.17) is 0 Å². The van der Waals surface area contributed by atoms with Crippen molar-refractivity contribution in [1.82, 2.24) is 0 Å². The van der Waals surface area contributed by atoms with E-state index in [9.17, 15) is 0 Å². The van der Waals surface area contributed by atoms with Gasteiger partial charge in [-0.15, -0.1) is 0 Å². The minimum atomic E-state index is 0.989. The summed E-state index contributed by atoms with van der Waals surface area (Å²) in [7, 11) is 0. The highest BCUT2D eigenvalue weighted by atomic mass is 15.0. The Balaban J connectivity index is 2.31. The number of aromatic nitrogens is 2. The van der Waals surface area contributed by atoms with Crippen molar-refractivity contribution in [3.8, 4) is 0 Å². The molecular weight excluding hydrogens is 208 g/mol. The lowest BCUT2D eigenvalue weighted by Gasteiger charge is -2.02. The molecule has 0 saturated heterocycles. The first-order valence-corrected chi connectivity index (χ1v) is 6.29. The zero-order valence-electron chi connectivity index (χ0n) is 10.6. The van der Waals surface area contributed by atoms with Crippen LogP contribution >= 0.6 is 0 Å². The van der Waals surface area contributed by atoms with Gasteiger partial charge in [0.05, 0.1) is 0 Å². The molecule has 0 aromatic carbocycles. The zero-order valence-corrected chi connectivity index (χ0v) is 10.6. The summed E-state index contributed by atoms with van der Waals surface area (Å²) in [4.78, 5) is 0. The normalized spacial score (nSPS) is 10.5. The molecule has 88 valence electrons. The summed E-state index contributed by atoms with van der Waals surface area (Å²) in [5, 5.41) is 0. The van der Waals surface area contributed by atoms with E-state index in [1.54, 1.807) is 0 Å². The molecular formula is C15H20N2+2. The van der Waals surface area contributed by atoms with Crippen molar-refractivity contribution in [2.75, 3.05) is 0 Å². The van der Waals surface area contributed by atoms with Crippen molar-refractivity contribution in [2.24, 2.45) is 0 Å². The van der Waals surface area contributed by atoms with Crippen LogP contribution in [0.15, 0.2) is 48.8 Å². The number of pyridine rings is 2. The fraction of sp³-hybridized carbons (Fsp3) is 0.333. The highest BCUT2D eigenvalue weighted by Crippen LogP contribution is 2.01. The van der Waals surface area contributed by atoms with Crippen LogP contribution in [0.5, 0.6) is 0 Å². The van der Waals surface area contributed by atoms with Crippen LogP contribution in [-0.2, 0) is 19.5 Å². The average molecular weight is 228 g/mol. The molecule has 0 aliphatic heterocycles. The van der Waals surface area contributed by atoms with Crippen LogP contribution in [-0.4, -0.2) is 0 Å². The maximum Gasteiger partial charge on any atom is 0.191 e. The Hall–Kier alpha value is -1.70. The Morgan fingerprint density at radius 3 is 1.65 bits per heavy atom. The lowest BCUT2D eigenvalue weighted by molar-refractivity contribution is -0.712. The molecule has 17 heavy (non-hydrogen) atoms. The summed E-state index contributed by atoms with van der Waals surface area (Å²) >= 11 is 0. The largest absolute Gasteiger partial charge is 0.202 e. The van der Waals surface area contributed by atoms with Crippen LogP contribution in [0.4, 0.5) is 0 Å². The lowest BCUT2D eigenvalue weighted by atomic mass is 10.2. The molecule has 0 aliphatic carbocycles. The SMILES string of the molecule is CC[n+]1ccccc1Cc1cccc[n+]1CC. The van der Waals surface area contributed by atoms with E-state index in [0.29, 0.717) is 0 Å². The molecule has 2 aromatic rings. The smallest absolute Gasteiger partial charge is 0.191 e. The van der Waals surface area contributed by atoms with Crippen LogP contribution in [0.2, 0.25) is 0 Å². The summed E-state index contributed by atoms with van der Waals surface area (Å²) < 4.78 is 4.60. The van der Waals surface area contributed by atoms with Crippen molar-refractivity contribution in [3.05, 3.63) is 60.2 Å². The van der Waals surface area contributed by atoms with Gasteiger partial charge < -0.3 is 0 Å². The molecule has 0 fully saturated rings. The number of nitrogens with zero attached hydrogens (tertiary/aromatic N) is 2. The molecule has 0 atom stereocenters. The van der Waals surface area contributed by atoms with Crippen LogP contribution in [0.1, 0.15) is 25.2 Å². The van der Waals surface area contributed by atoms with E-state index in [1.807, 2.05) is 0 Å². The molecule has 0 amide bonds. The maximum absolute atomic E-state index is 2.30. The van der Waals surface area contributed by atoms with Crippen molar-refractivity contribution in [3.63, 3.8) is 0 Å². The van der Waals surface area contributed by atoms with E-state index in [-0.39, 0.29) is 0 Å². The second-order valence-electron chi connectivity index (χ2n) is 4.13. The monoisotopic (exact) mass is 228 g/mol. The van der Waals surface area contributed by atoms with E-state index >= 15 is 0 Å². The molecule has 0 bridgehead atoms. The van der Waals surface area contributed by atoms with Gasteiger partial charge in [0.15, 0.2) is 23.8 Å². The predicted molar refractivity (Wildman–Crippen MR) is 67.4 cm³/mol. The standard InChI is InChI=1S/C15H20N2/c1-3-16-11-7-5-9-14(16)13-15-10-6-8-12-17(15)4-2/h5-12H,3-4,13H2,1-2H3/q+2. The number of hydrogen-bond donors (Lipinski definition) is 0. The topological polar surface area (TPSA) is 7.76 Å². The third-order valence-electron chi connectivity index (χ3n) is 3.11. The Kier molecular flexibility index (Phi) is 3.86. The molecule has 0 spiro atoms. The van der Waals surface area contributed by atoms with E-state index in [0.717, 1.165) is 19.5 Å². The van der Waals surface area contributed by atoms with Crippen LogP contribution in [0.25, 0.3) is 0 Å². The van der Waals surface area contributed by atoms with Gasteiger partial charge in [-0.3, -0.25) is 0 Å². The molecule has 2 heterocycles. The summed E-state index contributed by atoms with van der Waals surface area (Å²) in [6.45, 7) is 6.41. The maximum atomic E-state index is 2.30. The van der Waals surface area contributed by atoms with E-state index in [1.165, 1.54) is 11.4 Å². The fourth-order valence-corrected chi connectivity index (χ4v) is 2.15. The highest BCUT2D eigenvalue weighted by molar-refractivity contribution is 5.08. The minimum absolute atomic E-state index is 0.989. The average Bonchev–Trinajstić information content (AvgIpc) is 2.40. The third-order valence-corrected chi connectivity index (χ3v) is 3.11. The van der Waals surface area contributed by atoms with Gasteiger partial charge in [0, 0.05) is 24.3 Å². The predicted octanol–water partition coefficient (Wildman–Crippen LogP) is 1.89. The molecule has 0 aliphatic rings. The minimum Gasteiger partial charge on any atom is -0.202 e. The summed E-state index contributed by atoms with van der Waals surface area (Å²) in [5.41, 5.74) is 2.73. The summed E-state index contributed by atoms with van der Waals surface area (Å²) in [6, 6.07) is 12.8. The first kappa shape index (κ1) is 11.8. The molecule has 2 rings (SSSR count). The van der Waals surface area contributed by atoms with Crippen LogP contribution in [0, 0.1) is 0 Å². The molecule has 2 nitrogen and oxygen atoms in total. The zero-order chi connectivity index (χ0) is 12.1. The van der Waals surface area contributed by atoms with Gasteiger partial charge in [0.1, 0.15) is 19.5 Å². The third kappa shape index (κ3) is 2.70. The first-order valence-electron chi connectivity index (χ1n) is 6.29. The van der Waals surface area contributed by atoms with Crippen molar-refractivity contribution in [1.29, 1.82) is 0 Å². The molecule has 2 aromatic heterocycles. The van der Waals surface area contributed by atoms with Gasteiger partial charge in [-0.05, 0) is 13.8 Å². The highest BCUT2D eigenvalue weighted by Gasteiger charge is 2.14. The number of hydrogen-bond acceptors (Lipinski definition) is 0. The van der Waals surface area contributed by atoms with Crippen LogP contribution < -0.4 is 9.13 Å². The Labute approximate surface area is 103 Å². The van der Waals surface area contributed by atoms with E-state index in [2.05, 4.69) is 71.8 Å². The first-order chi connectivity index (χ1) is 8.35. The Bertz CT molecular complexity index is 446. The Morgan fingerprint density at radius 1 is 0.765 bits per heavy atom. The van der Waals surface area contributed by atoms with Crippen LogP contribution in [0.3, 0.4) is 0 Å². The lowest BCUT2D eigenvalue weighted by Crippen LogP contribution is -2.41. The summed E-state index contributed by atoms with van der Waals surface area (Å²) in [5.74, 6) is 0. The van der Waals surface area contributed by atoms with Crippen molar-refractivity contribution in [2.45, 2.75) is 33.4 Å². The molecule has 0 N–H and O–H groups in total. The molecule has 0 radical (unpaired) electrons. The number of aryl methyl sites for hydroxylation is 2. The van der Waals surface area contributed by atoms with E-state index < -0.39 is 0 Å². The van der Waals surface area contributed by atoms with Gasteiger partial charge in [-0.2, -0.15) is 0 Å². The molecule has 0 saturated carbocycles. The Morgan fingerprint density at radius 2 is 1.24 bits per heavy atom. The van der Waals surface area contributed by atoms with Gasteiger partial charge in [0.2, 0.25) is 0 Å². The second kappa shape index (κ2) is 5.58. The van der Waals surface area contributed by atoms with Gasteiger partial charge in [-0.25, -0.2) is 9.13 Å². The molecule has 2 heteroatoms. The van der Waals surface area contributed by atoms with Gasteiger partial charge in [-0.1, -0.05) is 12.1 Å². The van der Waals surface area contributed by atoms with Gasteiger partial charge in [0.25, 0.3) is 0 Å².